The molecule has 0 atom stereocenters. The van der Waals surface area contributed by atoms with E-state index in [-0.39, 0.29) is 11.5 Å². The highest BCUT2D eigenvalue weighted by Crippen LogP contribution is 2.08. The van der Waals surface area contributed by atoms with Crippen LogP contribution in [0.3, 0.4) is 0 Å². The fourth-order valence-corrected chi connectivity index (χ4v) is 1.09. The summed E-state index contributed by atoms with van der Waals surface area (Å²) in [6, 6.07) is 1.49. The number of rotatable bonds is 4. The smallest absolute Gasteiger partial charge is 0.252 e. The molecule has 1 rings (SSSR count). The lowest BCUT2D eigenvalue weighted by atomic mass is 10.2. The van der Waals surface area contributed by atoms with Crippen molar-refractivity contribution in [3.63, 3.8) is 0 Å². The highest BCUT2D eigenvalue weighted by Gasteiger charge is 2.03. The van der Waals surface area contributed by atoms with Gasteiger partial charge in [-0.1, -0.05) is 20.8 Å². The number of aromatic nitrogens is 2. The van der Waals surface area contributed by atoms with Crippen LogP contribution >= 0.6 is 0 Å². The summed E-state index contributed by atoms with van der Waals surface area (Å²) in [5.74, 6) is 1.64. The number of anilines is 1. The molecule has 14 heavy (non-hydrogen) atoms. The minimum Gasteiger partial charge on any atom is -0.370 e. The van der Waals surface area contributed by atoms with Gasteiger partial charge in [0.15, 0.2) is 0 Å². The summed E-state index contributed by atoms with van der Waals surface area (Å²) < 4.78 is 0. The third kappa shape index (κ3) is 2.87. The molecule has 0 amide bonds. The fourth-order valence-electron chi connectivity index (χ4n) is 1.09. The Morgan fingerprint density at radius 1 is 1.57 bits per heavy atom. The Bertz CT molecular complexity index is 343. The molecule has 0 saturated carbocycles. The van der Waals surface area contributed by atoms with Crippen molar-refractivity contribution in [3.8, 4) is 0 Å². The number of nitrogens with zero attached hydrogens (tertiary/aromatic N) is 1. The van der Waals surface area contributed by atoms with E-state index < -0.39 is 0 Å². The molecule has 1 aromatic rings. The van der Waals surface area contributed by atoms with Crippen LogP contribution in [0.4, 0.5) is 5.82 Å². The van der Waals surface area contributed by atoms with Gasteiger partial charge in [0.05, 0.1) is 0 Å². The van der Waals surface area contributed by atoms with Gasteiger partial charge < -0.3 is 10.3 Å². The Kier molecular flexibility index (Phi) is 3.68. The molecule has 0 aromatic carbocycles. The molecule has 0 spiro atoms. The highest BCUT2D eigenvalue weighted by molar-refractivity contribution is 5.33. The van der Waals surface area contributed by atoms with Crippen LogP contribution in [0.25, 0.3) is 0 Å². The van der Waals surface area contributed by atoms with Crippen LogP contribution in [0.2, 0.25) is 0 Å². The van der Waals surface area contributed by atoms with Crippen molar-refractivity contribution in [1.82, 2.24) is 9.97 Å². The molecule has 0 fully saturated rings. The zero-order chi connectivity index (χ0) is 10.6. The van der Waals surface area contributed by atoms with Gasteiger partial charge in [-0.15, -0.1) is 0 Å². The monoisotopic (exact) mass is 195 g/mol. The summed E-state index contributed by atoms with van der Waals surface area (Å²) in [7, 11) is 0. The molecule has 2 N–H and O–H groups in total. The summed E-state index contributed by atoms with van der Waals surface area (Å²) in [6.45, 7) is 6.92. The molecule has 0 aliphatic rings. The number of hydrogen-bond donors (Lipinski definition) is 2. The molecule has 0 aliphatic carbocycles. The summed E-state index contributed by atoms with van der Waals surface area (Å²) in [5.41, 5.74) is -0.0951. The Morgan fingerprint density at radius 2 is 2.29 bits per heavy atom. The summed E-state index contributed by atoms with van der Waals surface area (Å²) in [6.07, 6.45) is 1.02. The molecule has 4 heteroatoms. The Balaban J connectivity index is 2.90. The van der Waals surface area contributed by atoms with Gasteiger partial charge in [0.2, 0.25) is 0 Å². The van der Waals surface area contributed by atoms with Gasteiger partial charge in [-0.25, -0.2) is 4.98 Å². The second-order valence-electron chi connectivity index (χ2n) is 3.60. The summed E-state index contributed by atoms with van der Waals surface area (Å²) >= 11 is 0. The zero-order valence-electron chi connectivity index (χ0n) is 8.92. The van der Waals surface area contributed by atoms with E-state index in [4.69, 9.17) is 0 Å². The predicted molar refractivity (Wildman–Crippen MR) is 57.7 cm³/mol. The van der Waals surface area contributed by atoms with Crippen molar-refractivity contribution in [2.75, 3.05) is 11.9 Å². The lowest BCUT2D eigenvalue weighted by Gasteiger charge is -2.07. The first-order valence-electron chi connectivity index (χ1n) is 4.98. The third-order valence-electron chi connectivity index (χ3n) is 1.86. The Hall–Kier alpha value is -1.32. The van der Waals surface area contributed by atoms with E-state index in [2.05, 4.69) is 22.2 Å². The number of hydrogen-bond acceptors (Lipinski definition) is 3. The zero-order valence-corrected chi connectivity index (χ0v) is 8.92. The van der Waals surface area contributed by atoms with E-state index >= 15 is 0 Å². The molecule has 4 nitrogen and oxygen atoms in total. The molecule has 0 unspecified atom stereocenters. The Labute approximate surface area is 83.8 Å². The van der Waals surface area contributed by atoms with Gasteiger partial charge in [-0.05, 0) is 6.42 Å². The van der Waals surface area contributed by atoms with E-state index in [0.29, 0.717) is 5.82 Å². The van der Waals surface area contributed by atoms with E-state index in [1.807, 2.05) is 13.8 Å². The average Bonchev–Trinajstić information content (AvgIpc) is 2.14. The fraction of sp³-hybridized carbons (Fsp3) is 0.600. The SMILES string of the molecule is CCCNc1cc(=O)[nH]c(C(C)C)n1. The minimum absolute atomic E-state index is 0.0951. The summed E-state index contributed by atoms with van der Waals surface area (Å²) in [5, 5.41) is 3.10. The van der Waals surface area contributed by atoms with E-state index in [0.717, 1.165) is 18.8 Å². The first kappa shape index (κ1) is 10.8. The van der Waals surface area contributed by atoms with Crippen LogP contribution < -0.4 is 10.9 Å². The van der Waals surface area contributed by atoms with E-state index in [9.17, 15) is 4.79 Å². The standard InChI is InChI=1S/C10H17N3O/c1-4-5-11-8-6-9(14)13-10(12-8)7(2)3/h6-7H,4-5H2,1-3H3,(H2,11,12,13,14). The Morgan fingerprint density at radius 3 is 2.86 bits per heavy atom. The third-order valence-corrected chi connectivity index (χ3v) is 1.86. The second-order valence-corrected chi connectivity index (χ2v) is 3.60. The molecule has 0 radical (unpaired) electrons. The first-order chi connectivity index (χ1) is 6.63. The second kappa shape index (κ2) is 4.79. The maximum Gasteiger partial charge on any atom is 0.252 e. The number of aromatic amines is 1. The van der Waals surface area contributed by atoms with Gasteiger partial charge in [0.25, 0.3) is 5.56 Å². The number of nitrogens with one attached hydrogen (secondary N) is 2. The van der Waals surface area contributed by atoms with Crippen LogP contribution in [0.15, 0.2) is 10.9 Å². The molecule has 0 saturated heterocycles. The lowest BCUT2D eigenvalue weighted by Crippen LogP contribution is -2.14. The number of H-pyrrole nitrogens is 1. The molecule has 78 valence electrons. The van der Waals surface area contributed by atoms with Crippen molar-refractivity contribution in [1.29, 1.82) is 0 Å². The molecule has 1 heterocycles. The van der Waals surface area contributed by atoms with Crippen molar-refractivity contribution in [2.45, 2.75) is 33.1 Å². The van der Waals surface area contributed by atoms with Gasteiger partial charge in [0, 0.05) is 18.5 Å². The van der Waals surface area contributed by atoms with Crippen molar-refractivity contribution >= 4 is 5.82 Å². The largest absolute Gasteiger partial charge is 0.370 e. The van der Waals surface area contributed by atoms with Crippen molar-refractivity contribution in [3.05, 3.63) is 22.2 Å². The maximum atomic E-state index is 11.2. The van der Waals surface area contributed by atoms with E-state index in [1.165, 1.54) is 6.07 Å². The van der Waals surface area contributed by atoms with Crippen molar-refractivity contribution < 1.29 is 0 Å². The maximum absolute atomic E-state index is 11.2. The van der Waals surface area contributed by atoms with Crippen LogP contribution in [0.1, 0.15) is 38.9 Å². The minimum atomic E-state index is -0.0951. The van der Waals surface area contributed by atoms with Gasteiger partial charge in [0.1, 0.15) is 11.6 Å². The normalized spacial score (nSPS) is 10.6. The van der Waals surface area contributed by atoms with Crippen LogP contribution in [0, 0.1) is 0 Å². The van der Waals surface area contributed by atoms with E-state index in [1.54, 1.807) is 0 Å². The van der Waals surface area contributed by atoms with Gasteiger partial charge in [-0.3, -0.25) is 4.79 Å². The van der Waals surface area contributed by atoms with Crippen molar-refractivity contribution in [2.24, 2.45) is 0 Å². The average molecular weight is 195 g/mol. The lowest BCUT2D eigenvalue weighted by molar-refractivity contribution is 0.766. The molecular formula is C10H17N3O. The molecular weight excluding hydrogens is 178 g/mol. The predicted octanol–water partition coefficient (Wildman–Crippen LogP) is 1.72. The van der Waals surface area contributed by atoms with Crippen LogP contribution in [-0.2, 0) is 0 Å². The van der Waals surface area contributed by atoms with Crippen LogP contribution in [-0.4, -0.2) is 16.5 Å². The molecule has 0 bridgehead atoms. The summed E-state index contributed by atoms with van der Waals surface area (Å²) in [4.78, 5) is 18.3. The van der Waals surface area contributed by atoms with Gasteiger partial charge in [-0.2, -0.15) is 0 Å². The molecule has 0 aliphatic heterocycles. The quantitative estimate of drug-likeness (QED) is 0.769. The highest BCUT2D eigenvalue weighted by atomic mass is 16.1. The molecule has 1 aromatic heterocycles. The van der Waals surface area contributed by atoms with Gasteiger partial charge >= 0.3 is 0 Å². The topological polar surface area (TPSA) is 57.8 Å². The van der Waals surface area contributed by atoms with Crippen LogP contribution in [0.5, 0.6) is 0 Å². The first-order valence-corrected chi connectivity index (χ1v) is 4.98.